The van der Waals surface area contributed by atoms with E-state index >= 15 is 0 Å². The van der Waals surface area contributed by atoms with Crippen LogP contribution in [0.15, 0.2) is 24.3 Å². The third-order valence-corrected chi connectivity index (χ3v) is 4.58. The van der Waals surface area contributed by atoms with Crippen molar-refractivity contribution >= 4 is 5.91 Å². The molecule has 1 aromatic heterocycles. The van der Waals surface area contributed by atoms with Crippen molar-refractivity contribution in [3.63, 3.8) is 0 Å². The predicted octanol–water partition coefficient (Wildman–Crippen LogP) is 3.43. The Hall–Kier alpha value is -2.21. The van der Waals surface area contributed by atoms with Gasteiger partial charge in [-0.1, -0.05) is 19.9 Å². The zero-order valence-electron chi connectivity index (χ0n) is 15.6. The molecule has 0 aliphatic carbocycles. The summed E-state index contributed by atoms with van der Waals surface area (Å²) in [5, 5.41) is 7.60. The van der Waals surface area contributed by atoms with Gasteiger partial charge in [-0.25, -0.2) is 9.07 Å². The maximum Gasteiger partial charge on any atom is 0.255 e. The second-order valence-corrected chi connectivity index (χ2v) is 7.24. The van der Waals surface area contributed by atoms with Gasteiger partial charge in [0.25, 0.3) is 5.91 Å². The molecule has 0 bridgehead atoms. The number of hydrogen-bond acceptors (Lipinski definition) is 3. The Bertz CT molecular complexity index is 779. The number of benzene rings is 1. The van der Waals surface area contributed by atoms with Gasteiger partial charge in [0.15, 0.2) is 0 Å². The Kier molecular flexibility index (Phi) is 5.71. The lowest BCUT2D eigenvalue weighted by Gasteiger charge is -2.12. The van der Waals surface area contributed by atoms with Crippen LogP contribution in [0.25, 0.3) is 5.69 Å². The monoisotopic (exact) mass is 359 g/mol. The highest BCUT2D eigenvalue weighted by Crippen LogP contribution is 2.22. The van der Waals surface area contributed by atoms with E-state index in [0.717, 1.165) is 30.8 Å². The van der Waals surface area contributed by atoms with E-state index in [2.05, 4.69) is 24.3 Å². The summed E-state index contributed by atoms with van der Waals surface area (Å²) < 4.78 is 20.8. The Labute approximate surface area is 153 Å². The SMILES string of the molecule is Cc1c(C(=O)NC[C@@H]2CCCO2)c(CC(C)C)nn1-c1cccc(F)c1. The molecule has 26 heavy (non-hydrogen) atoms. The van der Waals surface area contributed by atoms with E-state index in [9.17, 15) is 9.18 Å². The van der Waals surface area contributed by atoms with Gasteiger partial charge < -0.3 is 10.1 Å². The summed E-state index contributed by atoms with van der Waals surface area (Å²) in [4.78, 5) is 12.8. The lowest BCUT2D eigenvalue weighted by Crippen LogP contribution is -2.32. The fraction of sp³-hybridized carbons (Fsp3) is 0.500. The van der Waals surface area contributed by atoms with Crippen molar-refractivity contribution in [2.75, 3.05) is 13.2 Å². The summed E-state index contributed by atoms with van der Waals surface area (Å²) >= 11 is 0. The number of aromatic nitrogens is 2. The summed E-state index contributed by atoms with van der Waals surface area (Å²) in [6.07, 6.45) is 2.79. The molecule has 3 rings (SSSR count). The standard InChI is InChI=1S/C20H26FN3O2/c1-13(2)10-18-19(20(25)22-12-17-8-5-9-26-17)14(3)24(23-18)16-7-4-6-15(21)11-16/h4,6-7,11,13,17H,5,8-10,12H2,1-3H3,(H,22,25)/t17-/m0/s1. The van der Waals surface area contributed by atoms with E-state index in [1.807, 2.05) is 6.92 Å². The molecule has 5 nitrogen and oxygen atoms in total. The van der Waals surface area contributed by atoms with E-state index < -0.39 is 0 Å². The minimum absolute atomic E-state index is 0.0890. The first-order valence-corrected chi connectivity index (χ1v) is 9.20. The zero-order chi connectivity index (χ0) is 18.7. The highest BCUT2D eigenvalue weighted by Gasteiger charge is 2.24. The number of hydrogen-bond donors (Lipinski definition) is 1. The molecule has 0 radical (unpaired) electrons. The second kappa shape index (κ2) is 7.99. The quantitative estimate of drug-likeness (QED) is 0.860. The largest absolute Gasteiger partial charge is 0.376 e. The molecule has 2 aromatic rings. The molecule has 1 amide bonds. The van der Waals surface area contributed by atoms with Crippen molar-refractivity contribution in [2.45, 2.75) is 46.1 Å². The average molecular weight is 359 g/mol. The van der Waals surface area contributed by atoms with Crippen LogP contribution in [-0.4, -0.2) is 34.9 Å². The van der Waals surface area contributed by atoms with E-state index in [1.165, 1.54) is 12.1 Å². The molecule has 6 heteroatoms. The normalized spacial score (nSPS) is 17.0. The van der Waals surface area contributed by atoms with Gasteiger partial charge in [0.2, 0.25) is 0 Å². The van der Waals surface area contributed by atoms with Crippen LogP contribution in [0.5, 0.6) is 0 Å². The lowest BCUT2D eigenvalue weighted by atomic mass is 10.0. The van der Waals surface area contributed by atoms with Crippen LogP contribution in [0.3, 0.4) is 0 Å². The van der Waals surface area contributed by atoms with E-state index in [-0.39, 0.29) is 17.8 Å². The summed E-state index contributed by atoms with van der Waals surface area (Å²) in [6.45, 7) is 7.29. The first-order valence-electron chi connectivity index (χ1n) is 9.20. The van der Waals surface area contributed by atoms with Crippen LogP contribution in [-0.2, 0) is 11.2 Å². The van der Waals surface area contributed by atoms with Crippen LogP contribution < -0.4 is 5.32 Å². The maximum atomic E-state index is 13.6. The summed E-state index contributed by atoms with van der Waals surface area (Å²) in [6, 6.07) is 6.25. The van der Waals surface area contributed by atoms with Crippen molar-refractivity contribution in [1.82, 2.24) is 15.1 Å². The van der Waals surface area contributed by atoms with Gasteiger partial charge in [0, 0.05) is 13.2 Å². The Morgan fingerprint density at radius 3 is 2.92 bits per heavy atom. The maximum absolute atomic E-state index is 13.6. The highest BCUT2D eigenvalue weighted by molar-refractivity contribution is 5.96. The number of nitrogens with one attached hydrogen (secondary N) is 1. The fourth-order valence-electron chi connectivity index (χ4n) is 3.34. The van der Waals surface area contributed by atoms with Crippen molar-refractivity contribution in [3.8, 4) is 5.69 Å². The number of nitrogens with zero attached hydrogens (tertiary/aromatic N) is 2. The van der Waals surface area contributed by atoms with Gasteiger partial charge in [-0.3, -0.25) is 4.79 Å². The Morgan fingerprint density at radius 2 is 2.27 bits per heavy atom. The Morgan fingerprint density at radius 1 is 1.46 bits per heavy atom. The summed E-state index contributed by atoms with van der Waals surface area (Å²) in [5.41, 5.74) is 2.66. The molecule has 1 N–H and O–H groups in total. The van der Waals surface area contributed by atoms with Gasteiger partial charge in [-0.2, -0.15) is 5.10 Å². The zero-order valence-corrected chi connectivity index (χ0v) is 15.6. The Balaban J connectivity index is 1.89. The molecule has 1 aliphatic rings. The smallest absolute Gasteiger partial charge is 0.255 e. The van der Waals surface area contributed by atoms with Crippen LogP contribution >= 0.6 is 0 Å². The summed E-state index contributed by atoms with van der Waals surface area (Å²) in [7, 11) is 0. The van der Waals surface area contributed by atoms with Crippen LogP contribution in [0.2, 0.25) is 0 Å². The molecule has 1 aliphatic heterocycles. The van der Waals surface area contributed by atoms with Gasteiger partial charge >= 0.3 is 0 Å². The third kappa shape index (κ3) is 4.12. The van der Waals surface area contributed by atoms with Crippen molar-refractivity contribution in [1.29, 1.82) is 0 Å². The first kappa shape index (κ1) is 18.6. The lowest BCUT2D eigenvalue weighted by molar-refractivity contribution is 0.0856. The fourth-order valence-corrected chi connectivity index (χ4v) is 3.34. The van der Waals surface area contributed by atoms with Gasteiger partial charge in [-0.15, -0.1) is 0 Å². The molecular weight excluding hydrogens is 333 g/mol. The van der Waals surface area contributed by atoms with Crippen molar-refractivity contribution < 1.29 is 13.9 Å². The van der Waals surface area contributed by atoms with E-state index in [0.29, 0.717) is 30.1 Å². The molecule has 140 valence electrons. The number of halogens is 1. The second-order valence-electron chi connectivity index (χ2n) is 7.24. The minimum atomic E-state index is -0.327. The molecule has 1 fully saturated rings. The van der Waals surface area contributed by atoms with Crippen LogP contribution in [0, 0.1) is 18.7 Å². The van der Waals surface area contributed by atoms with E-state index in [4.69, 9.17) is 4.74 Å². The van der Waals surface area contributed by atoms with Crippen LogP contribution in [0.4, 0.5) is 4.39 Å². The van der Waals surface area contributed by atoms with E-state index in [1.54, 1.807) is 16.8 Å². The molecule has 2 heterocycles. The number of amides is 1. The molecular formula is C20H26FN3O2. The number of ether oxygens (including phenoxy) is 1. The van der Waals surface area contributed by atoms with Crippen LogP contribution in [0.1, 0.15) is 48.4 Å². The number of rotatable bonds is 6. The van der Waals surface area contributed by atoms with Gasteiger partial charge in [-0.05, 0) is 50.3 Å². The molecule has 1 atom stereocenters. The molecule has 0 unspecified atom stereocenters. The molecule has 1 aromatic carbocycles. The van der Waals surface area contributed by atoms with Crippen molar-refractivity contribution in [2.24, 2.45) is 5.92 Å². The topological polar surface area (TPSA) is 56.1 Å². The molecule has 0 spiro atoms. The number of carbonyl (C=O) groups is 1. The molecule has 1 saturated heterocycles. The summed E-state index contributed by atoms with van der Waals surface area (Å²) in [5.74, 6) is -0.113. The first-order chi connectivity index (χ1) is 12.5. The average Bonchev–Trinajstić information content (AvgIpc) is 3.20. The molecule has 0 saturated carbocycles. The minimum Gasteiger partial charge on any atom is -0.376 e. The van der Waals surface area contributed by atoms with Crippen molar-refractivity contribution in [3.05, 3.63) is 47.0 Å². The highest BCUT2D eigenvalue weighted by atomic mass is 19.1. The predicted molar refractivity (Wildman–Crippen MR) is 98.1 cm³/mol. The van der Waals surface area contributed by atoms with Gasteiger partial charge in [0.1, 0.15) is 5.82 Å². The number of carbonyl (C=O) groups excluding carboxylic acids is 1. The van der Waals surface area contributed by atoms with Gasteiger partial charge in [0.05, 0.1) is 28.7 Å². The third-order valence-electron chi connectivity index (χ3n) is 4.58.